The number of benzene rings is 1. The van der Waals surface area contributed by atoms with E-state index in [1.807, 2.05) is 0 Å². The highest BCUT2D eigenvalue weighted by atomic mass is 19.1. The Bertz CT molecular complexity index is 356. The summed E-state index contributed by atoms with van der Waals surface area (Å²) in [7, 11) is 2.84. The number of rotatable bonds is 3. The van der Waals surface area contributed by atoms with Crippen molar-refractivity contribution < 1.29 is 19.0 Å². The zero-order chi connectivity index (χ0) is 11.6. The predicted octanol–water partition coefficient (Wildman–Crippen LogP) is 2.07. The van der Waals surface area contributed by atoms with Gasteiger partial charge in [0.15, 0.2) is 11.6 Å². The highest BCUT2D eigenvalue weighted by molar-refractivity contribution is 5.42. The van der Waals surface area contributed by atoms with Gasteiger partial charge < -0.3 is 14.6 Å². The second kappa shape index (κ2) is 4.06. The summed E-state index contributed by atoms with van der Waals surface area (Å²) in [6.07, 6.45) is 0. The van der Waals surface area contributed by atoms with Crippen LogP contribution in [0.3, 0.4) is 0 Å². The van der Waals surface area contributed by atoms with Gasteiger partial charge in [-0.05, 0) is 19.9 Å². The minimum atomic E-state index is -1.27. The quantitative estimate of drug-likeness (QED) is 0.837. The Balaban J connectivity index is 3.37. The predicted molar refractivity (Wildman–Crippen MR) is 54.7 cm³/mol. The number of halogens is 1. The lowest BCUT2D eigenvalue weighted by molar-refractivity contribution is 0.0736. The molecule has 1 aromatic carbocycles. The molecular formula is C11H15FO3. The normalized spacial score (nSPS) is 11.3. The summed E-state index contributed by atoms with van der Waals surface area (Å²) in [5.74, 6) is -0.0531. The Hall–Kier alpha value is -1.29. The van der Waals surface area contributed by atoms with Crippen molar-refractivity contribution in [2.75, 3.05) is 14.2 Å². The van der Waals surface area contributed by atoms with Gasteiger partial charge in [-0.1, -0.05) is 0 Å². The molecule has 4 heteroatoms. The SMILES string of the molecule is COc1cc(OC)c(F)c(C(C)(C)O)c1. The summed E-state index contributed by atoms with van der Waals surface area (Å²) in [5, 5.41) is 9.76. The minimum absolute atomic E-state index is 0.0616. The van der Waals surface area contributed by atoms with E-state index in [2.05, 4.69) is 0 Å². The fourth-order valence-corrected chi connectivity index (χ4v) is 1.28. The first-order chi connectivity index (χ1) is 6.90. The molecule has 15 heavy (non-hydrogen) atoms. The Morgan fingerprint density at radius 1 is 1.20 bits per heavy atom. The summed E-state index contributed by atoms with van der Waals surface area (Å²) < 4.78 is 23.6. The van der Waals surface area contributed by atoms with Crippen molar-refractivity contribution in [3.05, 3.63) is 23.5 Å². The molecule has 0 fully saturated rings. The first-order valence-electron chi connectivity index (χ1n) is 4.54. The largest absolute Gasteiger partial charge is 0.497 e. The lowest BCUT2D eigenvalue weighted by Gasteiger charge is -2.20. The summed E-state index contributed by atoms with van der Waals surface area (Å²) in [4.78, 5) is 0. The molecule has 0 saturated heterocycles. The van der Waals surface area contributed by atoms with Gasteiger partial charge in [0.05, 0.1) is 19.8 Å². The molecule has 0 aliphatic carbocycles. The smallest absolute Gasteiger partial charge is 0.171 e. The number of hydrogen-bond acceptors (Lipinski definition) is 3. The summed E-state index contributed by atoms with van der Waals surface area (Å²) >= 11 is 0. The Labute approximate surface area is 88.4 Å². The molecule has 0 unspecified atom stereocenters. The van der Waals surface area contributed by atoms with E-state index in [-0.39, 0.29) is 11.3 Å². The molecule has 1 N–H and O–H groups in total. The van der Waals surface area contributed by atoms with Crippen LogP contribution in [0.4, 0.5) is 4.39 Å². The van der Waals surface area contributed by atoms with E-state index in [0.717, 1.165) is 0 Å². The Kier molecular flexibility index (Phi) is 3.19. The van der Waals surface area contributed by atoms with Crippen molar-refractivity contribution >= 4 is 0 Å². The maximum absolute atomic E-state index is 13.7. The van der Waals surface area contributed by atoms with Crippen molar-refractivity contribution in [1.82, 2.24) is 0 Å². The van der Waals surface area contributed by atoms with Crippen molar-refractivity contribution in [3.63, 3.8) is 0 Å². The van der Waals surface area contributed by atoms with E-state index in [4.69, 9.17) is 9.47 Å². The number of hydrogen-bond donors (Lipinski definition) is 1. The van der Waals surface area contributed by atoms with Gasteiger partial charge in [-0.15, -0.1) is 0 Å². The van der Waals surface area contributed by atoms with Crippen molar-refractivity contribution in [2.45, 2.75) is 19.4 Å². The molecule has 0 aliphatic heterocycles. The van der Waals surface area contributed by atoms with E-state index in [1.54, 1.807) is 0 Å². The van der Waals surface area contributed by atoms with Gasteiger partial charge in [-0.2, -0.15) is 0 Å². The van der Waals surface area contributed by atoms with Crippen LogP contribution in [0.25, 0.3) is 0 Å². The molecule has 0 bridgehead atoms. The second-order valence-corrected chi connectivity index (χ2v) is 3.75. The average Bonchev–Trinajstić information content (AvgIpc) is 2.16. The average molecular weight is 214 g/mol. The molecule has 0 spiro atoms. The lowest BCUT2D eigenvalue weighted by atomic mass is 9.97. The van der Waals surface area contributed by atoms with E-state index >= 15 is 0 Å². The molecule has 0 heterocycles. The molecule has 1 aromatic rings. The van der Waals surface area contributed by atoms with Crippen molar-refractivity contribution in [2.24, 2.45) is 0 Å². The molecule has 84 valence electrons. The third-order valence-electron chi connectivity index (χ3n) is 2.13. The van der Waals surface area contributed by atoms with Crippen LogP contribution in [0.15, 0.2) is 12.1 Å². The Morgan fingerprint density at radius 3 is 2.20 bits per heavy atom. The first-order valence-corrected chi connectivity index (χ1v) is 4.54. The van der Waals surface area contributed by atoms with E-state index in [1.165, 1.54) is 40.2 Å². The summed E-state index contributed by atoms with van der Waals surface area (Å²) in [6, 6.07) is 2.89. The maximum atomic E-state index is 13.7. The lowest BCUT2D eigenvalue weighted by Crippen LogP contribution is -2.18. The van der Waals surface area contributed by atoms with Gasteiger partial charge in [0.25, 0.3) is 0 Å². The highest BCUT2D eigenvalue weighted by Crippen LogP contribution is 2.33. The highest BCUT2D eigenvalue weighted by Gasteiger charge is 2.24. The van der Waals surface area contributed by atoms with Gasteiger partial charge in [0.1, 0.15) is 5.75 Å². The standard InChI is InChI=1S/C11H15FO3/c1-11(2,13)8-5-7(14-3)6-9(15-4)10(8)12/h5-6,13H,1-4H3. The van der Waals surface area contributed by atoms with Crippen LogP contribution in [-0.2, 0) is 5.60 Å². The van der Waals surface area contributed by atoms with Gasteiger partial charge in [-0.25, -0.2) is 4.39 Å². The zero-order valence-corrected chi connectivity index (χ0v) is 9.30. The number of aliphatic hydroxyl groups is 1. The molecule has 1 rings (SSSR count). The van der Waals surface area contributed by atoms with Crippen LogP contribution in [0.2, 0.25) is 0 Å². The monoisotopic (exact) mass is 214 g/mol. The van der Waals surface area contributed by atoms with Crippen LogP contribution in [0.1, 0.15) is 19.4 Å². The van der Waals surface area contributed by atoms with E-state index in [0.29, 0.717) is 5.75 Å². The topological polar surface area (TPSA) is 38.7 Å². The van der Waals surface area contributed by atoms with Crippen LogP contribution in [-0.4, -0.2) is 19.3 Å². The molecule has 3 nitrogen and oxygen atoms in total. The van der Waals surface area contributed by atoms with Crippen LogP contribution in [0.5, 0.6) is 11.5 Å². The van der Waals surface area contributed by atoms with Crippen LogP contribution < -0.4 is 9.47 Å². The molecule has 0 radical (unpaired) electrons. The molecule has 0 amide bonds. The first kappa shape index (κ1) is 11.8. The molecule has 0 aromatic heterocycles. The Morgan fingerprint density at radius 2 is 1.80 bits per heavy atom. The van der Waals surface area contributed by atoms with Crippen molar-refractivity contribution in [3.8, 4) is 11.5 Å². The zero-order valence-electron chi connectivity index (χ0n) is 9.30. The van der Waals surface area contributed by atoms with E-state index < -0.39 is 11.4 Å². The van der Waals surface area contributed by atoms with Gasteiger partial charge in [-0.3, -0.25) is 0 Å². The minimum Gasteiger partial charge on any atom is -0.497 e. The third kappa shape index (κ3) is 2.39. The second-order valence-electron chi connectivity index (χ2n) is 3.75. The number of methoxy groups -OCH3 is 2. The fourth-order valence-electron chi connectivity index (χ4n) is 1.28. The number of ether oxygens (including phenoxy) is 2. The van der Waals surface area contributed by atoms with Gasteiger partial charge in [0, 0.05) is 11.6 Å². The third-order valence-corrected chi connectivity index (χ3v) is 2.13. The maximum Gasteiger partial charge on any atom is 0.171 e. The van der Waals surface area contributed by atoms with E-state index in [9.17, 15) is 9.50 Å². The molecule has 0 atom stereocenters. The van der Waals surface area contributed by atoms with Crippen molar-refractivity contribution in [1.29, 1.82) is 0 Å². The molecule has 0 saturated carbocycles. The summed E-state index contributed by atoms with van der Waals surface area (Å²) in [6.45, 7) is 3.01. The van der Waals surface area contributed by atoms with Crippen LogP contribution in [0, 0.1) is 5.82 Å². The fraction of sp³-hybridized carbons (Fsp3) is 0.455. The molecular weight excluding hydrogens is 199 g/mol. The summed E-state index contributed by atoms with van der Waals surface area (Å²) in [5.41, 5.74) is -1.12. The van der Waals surface area contributed by atoms with Crippen LogP contribution >= 0.6 is 0 Å². The van der Waals surface area contributed by atoms with Gasteiger partial charge in [0.2, 0.25) is 0 Å². The molecule has 0 aliphatic rings. The van der Waals surface area contributed by atoms with Gasteiger partial charge >= 0.3 is 0 Å².